The first-order valence-corrected chi connectivity index (χ1v) is 5.30. The molecule has 1 aliphatic carbocycles. The van der Waals surface area contributed by atoms with Gasteiger partial charge >= 0.3 is 0 Å². The van der Waals surface area contributed by atoms with E-state index in [4.69, 9.17) is 9.47 Å². The Balaban J connectivity index is 2.01. The van der Waals surface area contributed by atoms with Gasteiger partial charge in [0.25, 0.3) is 0 Å². The lowest BCUT2D eigenvalue weighted by Gasteiger charge is -2.28. The lowest BCUT2D eigenvalue weighted by atomic mass is 9.79. The Hall–Kier alpha value is -0.0800. The molecule has 2 rings (SSSR count). The van der Waals surface area contributed by atoms with Gasteiger partial charge in [-0.3, -0.25) is 0 Å². The second kappa shape index (κ2) is 2.96. The number of rotatable bonds is 0. The van der Waals surface area contributed by atoms with Crippen molar-refractivity contribution in [3.8, 4) is 0 Å². The molecule has 2 fully saturated rings. The van der Waals surface area contributed by atoms with Crippen LogP contribution in [0.2, 0.25) is 0 Å². The molecule has 0 bridgehead atoms. The van der Waals surface area contributed by atoms with Crippen molar-refractivity contribution >= 4 is 0 Å². The summed E-state index contributed by atoms with van der Waals surface area (Å²) < 4.78 is 11.4. The van der Waals surface area contributed by atoms with Gasteiger partial charge in [-0.05, 0) is 17.8 Å². The van der Waals surface area contributed by atoms with Crippen molar-refractivity contribution in [3.05, 3.63) is 0 Å². The lowest BCUT2D eigenvalue weighted by Crippen LogP contribution is -2.28. The second-order valence-electron chi connectivity index (χ2n) is 5.41. The van der Waals surface area contributed by atoms with Gasteiger partial charge in [-0.25, -0.2) is 0 Å². The molecule has 0 radical (unpaired) electrons. The minimum atomic E-state index is -0.183. The molecule has 0 aromatic carbocycles. The highest BCUT2D eigenvalue weighted by Gasteiger charge is 2.46. The molecule has 1 saturated heterocycles. The Morgan fingerprint density at radius 3 is 2.23 bits per heavy atom. The van der Waals surface area contributed by atoms with E-state index < -0.39 is 0 Å². The third kappa shape index (κ3) is 1.75. The molecule has 1 atom stereocenters. The first kappa shape index (κ1) is 9.47. The van der Waals surface area contributed by atoms with Crippen LogP contribution in [0.3, 0.4) is 0 Å². The highest BCUT2D eigenvalue weighted by Crippen LogP contribution is 2.47. The van der Waals surface area contributed by atoms with E-state index in [0.29, 0.717) is 5.41 Å². The van der Waals surface area contributed by atoms with Crippen LogP contribution in [0.5, 0.6) is 0 Å². The number of hydrogen-bond donors (Lipinski definition) is 0. The molecule has 1 spiro atoms. The summed E-state index contributed by atoms with van der Waals surface area (Å²) in [4.78, 5) is 0. The van der Waals surface area contributed by atoms with Gasteiger partial charge in [0.1, 0.15) is 0 Å². The predicted octanol–water partition coefficient (Wildman–Crippen LogP) is 2.58. The van der Waals surface area contributed by atoms with E-state index in [1.807, 2.05) is 0 Å². The average molecular weight is 184 g/mol. The highest BCUT2D eigenvalue weighted by molar-refractivity contribution is 4.90. The quantitative estimate of drug-likeness (QED) is 0.576. The van der Waals surface area contributed by atoms with Gasteiger partial charge in [-0.1, -0.05) is 20.8 Å². The van der Waals surface area contributed by atoms with Gasteiger partial charge < -0.3 is 9.47 Å². The Bertz CT molecular complexity index is 187. The molecule has 0 N–H and O–H groups in total. The van der Waals surface area contributed by atoms with Gasteiger partial charge in [0.2, 0.25) is 0 Å². The normalized spacial score (nSPS) is 33.0. The fraction of sp³-hybridized carbons (Fsp3) is 1.00. The zero-order valence-corrected chi connectivity index (χ0v) is 8.93. The van der Waals surface area contributed by atoms with Crippen LogP contribution in [-0.4, -0.2) is 19.0 Å². The SMILES string of the molecule is CC(C)(C)[C@@H]1CCC2(C1)OCCO2. The fourth-order valence-electron chi connectivity index (χ4n) is 2.47. The second-order valence-corrected chi connectivity index (χ2v) is 5.41. The maximum absolute atomic E-state index is 5.70. The fourth-order valence-corrected chi connectivity index (χ4v) is 2.47. The van der Waals surface area contributed by atoms with Crippen molar-refractivity contribution in [1.82, 2.24) is 0 Å². The molecule has 0 aromatic rings. The molecule has 1 aliphatic heterocycles. The number of hydrogen-bond acceptors (Lipinski definition) is 2. The molecule has 0 aromatic heterocycles. The monoisotopic (exact) mass is 184 g/mol. The van der Waals surface area contributed by atoms with Gasteiger partial charge in [-0.15, -0.1) is 0 Å². The van der Waals surface area contributed by atoms with Crippen LogP contribution in [0.1, 0.15) is 40.0 Å². The summed E-state index contributed by atoms with van der Waals surface area (Å²) in [6, 6.07) is 0. The van der Waals surface area contributed by atoms with Crippen molar-refractivity contribution in [1.29, 1.82) is 0 Å². The van der Waals surface area contributed by atoms with E-state index in [1.54, 1.807) is 0 Å². The van der Waals surface area contributed by atoms with Gasteiger partial charge in [0.05, 0.1) is 13.2 Å². The van der Waals surface area contributed by atoms with Crippen LogP contribution in [-0.2, 0) is 9.47 Å². The summed E-state index contributed by atoms with van der Waals surface area (Å²) in [5, 5.41) is 0. The Labute approximate surface area is 80.6 Å². The van der Waals surface area contributed by atoms with Crippen molar-refractivity contribution in [3.63, 3.8) is 0 Å². The van der Waals surface area contributed by atoms with E-state index >= 15 is 0 Å². The highest BCUT2D eigenvalue weighted by atomic mass is 16.7. The van der Waals surface area contributed by atoms with Crippen LogP contribution in [0.25, 0.3) is 0 Å². The predicted molar refractivity (Wildman–Crippen MR) is 51.4 cm³/mol. The minimum Gasteiger partial charge on any atom is -0.348 e. The zero-order valence-electron chi connectivity index (χ0n) is 8.93. The topological polar surface area (TPSA) is 18.5 Å². The molecule has 2 heteroatoms. The van der Waals surface area contributed by atoms with Gasteiger partial charge in [0, 0.05) is 12.8 Å². The van der Waals surface area contributed by atoms with Crippen molar-refractivity contribution in [2.75, 3.05) is 13.2 Å². The minimum absolute atomic E-state index is 0.183. The maximum Gasteiger partial charge on any atom is 0.168 e. The van der Waals surface area contributed by atoms with E-state index in [1.165, 1.54) is 6.42 Å². The van der Waals surface area contributed by atoms with Gasteiger partial charge in [-0.2, -0.15) is 0 Å². The van der Waals surface area contributed by atoms with Crippen LogP contribution < -0.4 is 0 Å². The largest absolute Gasteiger partial charge is 0.348 e. The molecule has 76 valence electrons. The van der Waals surface area contributed by atoms with E-state index in [-0.39, 0.29) is 5.79 Å². The molecule has 1 heterocycles. The first-order chi connectivity index (χ1) is 6.02. The van der Waals surface area contributed by atoms with Crippen LogP contribution in [0.4, 0.5) is 0 Å². The van der Waals surface area contributed by atoms with Crippen LogP contribution in [0, 0.1) is 11.3 Å². The van der Waals surface area contributed by atoms with Crippen LogP contribution >= 0.6 is 0 Å². The van der Waals surface area contributed by atoms with Crippen molar-refractivity contribution in [2.45, 2.75) is 45.8 Å². The smallest absolute Gasteiger partial charge is 0.168 e. The average Bonchev–Trinajstić information content (AvgIpc) is 2.60. The third-order valence-electron chi connectivity index (χ3n) is 3.47. The van der Waals surface area contributed by atoms with Crippen molar-refractivity contribution < 1.29 is 9.47 Å². The Morgan fingerprint density at radius 1 is 1.15 bits per heavy atom. The number of ether oxygens (including phenoxy) is 2. The summed E-state index contributed by atoms with van der Waals surface area (Å²) in [6.07, 6.45) is 3.44. The summed E-state index contributed by atoms with van der Waals surface area (Å²) >= 11 is 0. The van der Waals surface area contributed by atoms with E-state index in [9.17, 15) is 0 Å². The van der Waals surface area contributed by atoms with Crippen molar-refractivity contribution in [2.24, 2.45) is 11.3 Å². The summed E-state index contributed by atoms with van der Waals surface area (Å²) in [7, 11) is 0. The molecule has 0 unspecified atom stereocenters. The first-order valence-electron chi connectivity index (χ1n) is 5.30. The molecule has 2 aliphatic rings. The van der Waals surface area contributed by atoms with E-state index in [2.05, 4.69) is 20.8 Å². The summed E-state index contributed by atoms with van der Waals surface area (Å²) in [5.74, 6) is 0.573. The standard InChI is InChI=1S/C11H20O2/c1-10(2,3)9-4-5-11(8-9)12-6-7-13-11/h9H,4-8H2,1-3H3/t9-/m1/s1. The molecular weight excluding hydrogens is 164 g/mol. The molecule has 0 amide bonds. The van der Waals surface area contributed by atoms with E-state index in [0.717, 1.165) is 32.0 Å². The van der Waals surface area contributed by atoms with Gasteiger partial charge in [0.15, 0.2) is 5.79 Å². The molecule has 1 saturated carbocycles. The Kier molecular flexibility index (Phi) is 2.16. The molecule has 13 heavy (non-hydrogen) atoms. The lowest BCUT2D eigenvalue weighted by molar-refractivity contribution is -0.154. The summed E-state index contributed by atoms with van der Waals surface area (Å²) in [6.45, 7) is 8.51. The maximum atomic E-state index is 5.70. The van der Waals surface area contributed by atoms with Crippen LogP contribution in [0.15, 0.2) is 0 Å². The molecule has 2 nitrogen and oxygen atoms in total. The zero-order chi connectivity index (χ0) is 9.53. The Morgan fingerprint density at radius 2 is 1.77 bits per heavy atom. The third-order valence-corrected chi connectivity index (χ3v) is 3.47. The molecular formula is C11H20O2. The summed E-state index contributed by atoms with van der Waals surface area (Å²) in [5.41, 5.74) is 0.402.